The molecule has 0 fully saturated rings. The summed E-state index contributed by atoms with van der Waals surface area (Å²) in [4.78, 5) is 0. The maximum Gasteiger partial charge on any atom is 0.416 e. The number of hydrazone groups is 1. The van der Waals surface area contributed by atoms with Gasteiger partial charge in [0.05, 0.1) is 11.3 Å². The van der Waals surface area contributed by atoms with Gasteiger partial charge in [-0.3, -0.25) is 5.43 Å². The molecule has 5 heteroatoms. The van der Waals surface area contributed by atoms with Crippen molar-refractivity contribution in [3.63, 3.8) is 0 Å². The zero-order chi connectivity index (χ0) is 10.8. The molecule has 1 rings (SSSR count). The van der Waals surface area contributed by atoms with Gasteiger partial charge in [-0.15, -0.1) is 0 Å². The van der Waals surface area contributed by atoms with Gasteiger partial charge >= 0.3 is 6.18 Å². The van der Waals surface area contributed by atoms with Crippen LogP contribution in [0, 0.1) is 6.92 Å². The minimum absolute atomic E-state index is 0.315. The smallest absolute Gasteiger partial charge is 0.279 e. The third-order valence-corrected chi connectivity index (χ3v) is 1.76. The Bertz CT molecular complexity index is 344. The van der Waals surface area contributed by atoms with Crippen LogP contribution in [-0.4, -0.2) is 6.72 Å². The maximum atomic E-state index is 12.3. The number of hydrogen-bond acceptors (Lipinski definition) is 2. The van der Waals surface area contributed by atoms with Gasteiger partial charge in [-0.25, -0.2) is 0 Å². The lowest BCUT2D eigenvalue weighted by Crippen LogP contribution is -2.05. The van der Waals surface area contributed by atoms with Crippen LogP contribution in [0.15, 0.2) is 23.3 Å². The minimum atomic E-state index is -4.33. The largest absolute Gasteiger partial charge is 0.416 e. The molecule has 0 heterocycles. The van der Waals surface area contributed by atoms with Crippen LogP contribution in [0.4, 0.5) is 18.9 Å². The molecular weight excluding hydrogens is 193 g/mol. The molecule has 0 aromatic heterocycles. The van der Waals surface area contributed by atoms with Crippen LogP contribution in [0.1, 0.15) is 11.1 Å². The van der Waals surface area contributed by atoms with Crippen molar-refractivity contribution in [2.24, 2.45) is 5.10 Å². The van der Waals surface area contributed by atoms with Gasteiger partial charge in [0.25, 0.3) is 0 Å². The molecule has 76 valence electrons. The van der Waals surface area contributed by atoms with Crippen LogP contribution in [0.2, 0.25) is 0 Å². The third-order valence-electron chi connectivity index (χ3n) is 1.76. The van der Waals surface area contributed by atoms with Crippen LogP contribution in [0.3, 0.4) is 0 Å². The normalized spacial score (nSPS) is 11.1. The summed E-state index contributed by atoms with van der Waals surface area (Å²) in [5.41, 5.74) is 2.70. The highest BCUT2D eigenvalue weighted by molar-refractivity contribution is 5.53. The van der Waals surface area contributed by atoms with E-state index in [2.05, 4.69) is 17.2 Å². The standard InChI is InChI=1S/C9H9F3N2/c1-6-3-4-7(9(10,11)12)5-8(6)14-13-2/h3-5,14H,2H2,1H3. The summed E-state index contributed by atoms with van der Waals surface area (Å²) in [6, 6.07) is 3.42. The number of benzene rings is 1. The molecule has 14 heavy (non-hydrogen) atoms. The topological polar surface area (TPSA) is 24.4 Å². The van der Waals surface area contributed by atoms with Crippen LogP contribution in [-0.2, 0) is 6.18 Å². The summed E-state index contributed by atoms with van der Waals surface area (Å²) in [6.45, 7) is 4.83. The van der Waals surface area contributed by atoms with E-state index in [1.807, 2.05) is 0 Å². The Morgan fingerprint density at radius 1 is 1.36 bits per heavy atom. The zero-order valence-electron chi connectivity index (χ0n) is 7.52. The average Bonchev–Trinajstić information content (AvgIpc) is 2.07. The second-order valence-corrected chi connectivity index (χ2v) is 2.80. The lowest BCUT2D eigenvalue weighted by molar-refractivity contribution is -0.137. The van der Waals surface area contributed by atoms with E-state index >= 15 is 0 Å². The molecule has 2 nitrogen and oxygen atoms in total. The maximum absolute atomic E-state index is 12.3. The van der Waals surface area contributed by atoms with Crippen LogP contribution in [0.25, 0.3) is 0 Å². The van der Waals surface area contributed by atoms with Crippen LogP contribution in [0.5, 0.6) is 0 Å². The number of aryl methyl sites for hydroxylation is 1. The molecule has 0 aliphatic carbocycles. The molecular formula is C9H9F3N2. The van der Waals surface area contributed by atoms with Crippen molar-refractivity contribution in [2.45, 2.75) is 13.1 Å². The van der Waals surface area contributed by atoms with E-state index in [1.54, 1.807) is 6.92 Å². The molecule has 0 saturated heterocycles. The van der Waals surface area contributed by atoms with Gasteiger partial charge in [0, 0.05) is 6.72 Å². The van der Waals surface area contributed by atoms with Gasteiger partial charge in [-0.2, -0.15) is 18.3 Å². The van der Waals surface area contributed by atoms with Crippen molar-refractivity contribution < 1.29 is 13.2 Å². The molecule has 0 aliphatic heterocycles. The molecule has 0 amide bonds. The molecule has 0 radical (unpaired) electrons. The van der Waals surface area contributed by atoms with Crippen molar-refractivity contribution in [2.75, 3.05) is 5.43 Å². The monoisotopic (exact) mass is 202 g/mol. The first-order chi connectivity index (χ1) is 6.45. The Balaban J connectivity index is 3.12. The van der Waals surface area contributed by atoms with E-state index < -0.39 is 11.7 Å². The molecule has 1 aromatic rings. The molecule has 1 aromatic carbocycles. The first kappa shape index (κ1) is 10.6. The van der Waals surface area contributed by atoms with E-state index in [4.69, 9.17) is 0 Å². The van der Waals surface area contributed by atoms with Crippen molar-refractivity contribution in [3.05, 3.63) is 29.3 Å². The number of alkyl halides is 3. The summed E-state index contributed by atoms with van der Waals surface area (Å²) in [5.74, 6) is 0. The van der Waals surface area contributed by atoms with Gasteiger partial charge in [-0.1, -0.05) is 6.07 Å². The third kappa shape index (κ3) is 2.25. The fraction of sp³-hybridized carbons (Fsp3) is 0.222. The van der Waals surface area contributed by atoms with Crippen LogP contribution < -0.4 is 5.43 Å². The minimum Gasteiger partial charge on any atom is -0.279 e. The number of nitrogens with zero attached hydrogens (tertiary/aromatic N) is 1. The fourth-order valence-electron chi connectivity index (χ4n) is 1.00. The van der Waals surface area contributed by atoms with Crippen molar-refractivity contribution >= 4 is 12.4 Å². The quantitative estimate of drug-likeness (QED) is 0.578. The molecule has 0 unspecified atom stereocenters. The van der Waals surface area contributed by atoms with E-state index in [0.717, 1.165) is 12.1 Å². The van der Waals surface area contributed by atoms with Gasteiger partial charge in [0.15, 0.2) is 0 Å². The number of halogens is 3. The van der Waals surface area contributed by atoms with E-state index in [-0.39, 0.29) is 0 Å². The Morgan fingerprint density at radius 3 is 2.50 bits per heavy atom. The zero-order valence-corrected chi connectivity index (χ0v) is 7.52. The van der Waals surface area contributed by atoms with Crippen molar-refractivity contribution in [1.82, 2.24) is 0 Å². The predicted octanol–water partition coefficient (Wildman–Crippen LogP) is 3.04. The lowest BCUT2D eigenvalue weighted by atomic mass is 10.1. The Morgan fingerprint density at radius 2 is 2.00 bits per heavy atom. The van der Waals surface area contributed by atoms with Gasteiger partial charge in [0.2, 0.25) is 0 Å². The Labute approximate surface area is 79.4 Å². The summed E-state index contributed by atoms with van der Waals surface area (Å²) in [7, 11) is 0. The van der Waals surface area contributed by atoms with E-state index in [9.17, 15) is 13.2 Å². The highest BCUT2D eigenvalue weighted by Gasteiger charge is 2.30. The first-order valence-electron chi connectivity index (χ1n) is 3.84. The SMILES string of the molecule is C=NNc1cc(C(F)(F)F)ccc1C. The van der Waals surface area contributed by atoms with Crippen molar-refractivity contribution in [3.8, 4) is 0 Å². The van der Waals surface area contributed by atoms with Gasteiger partial charge in [-0.05, 0) is 24.6 Å². The van der Waals surface area contributed by atoms with Crippen molar-refractivity contribution in [1.29, 1.82) is 0 Å². The molecule has 0 aliphatic rings. The molecule has 0 atom stereocenters. The molecule has 1 N–H and O–H groups in total. The van der Waals surface area contributed by atoms with E-state index in [1.165, 1.54) is 6.07 Å². The number of rotatable bonds is 2. The Hall–Kier alpha value is -1.52. The molecule has 0 spiro atoms. The van der Waals surface area contributed by atoms with Gasteiger partial charge in [0.1, 0.15) is 0 Å². The van der Waals surface area contributed by atoms with E-state index in [0.29, 0.717) is 11.3 Å². The predicted molar refractivity (Wildman–Crippen MR) is 49.4 cm³/mol. The average molecular weight is 202 g/mol. The Kier molecular flexibility index (Phi) is 2.78. The number of hydrogen-bond donors (Lipinski definition) is 1. The van der Waals surface area contributed by atoms with Crippen LogP contribution >= 0.6 is 0 Å². The second kappa shape index (κ2) is 3.69. The summed E-state index contributed by atoms with van der Waals surface area (Å²) in [5, 5.41) is 3.32. The first-order valence-corrected chi connectivity index (χ1v) is 3.84. The fourth-order valence-corrected chi connectivity index (χ4v) is 1.00. The summed E-state index contributed by atoms with van der Waals surface area (Å²) >= 11 is 0. The molecule has 0 bridgehead atoms. The highest BCUT2D eigenvalue weighted by atomic mass is 19.4. The number of nitrogens with one attached hydrogen (secondary N) is 1. The van der Waals surface area contributed by atoms with Gasteiger partial charge < -0.3 is 0 Å². The summed E-state index contributed by atoms with van der Waals surface area (Å²) in [6.07, 6.45) is -4.33. The molecule has 0 saturated carbocycles. The summed E-state index contributed by atoms with van der Waals surface area (Å²) < 4.78 is 36.8. The number of anilines is 1. The second-order valence-electron chi connectivity index (χ2n) is 2.80. The lowest BCUT2D eigenvalue weighted by Gasteiger charge is -2.10. The highest BCUT2D eigenvalue weighted by Crippen LogP contribution is 2.31.